The van der Waals surface area contributed by atoms with E-state index in [-0.39, 0.29) is 85.2 Å². The van der Waals surface area contributed by atoms with E-state index < -0.39 is 35.0 Å². The van der Waals surface area contributed by atoms with Crippen molar-refractivity contribution in [3.63, 3.8) is 0 Å². The third-order valence-electron chi connectivity index (χ3n) is 15.2. The van der Waals surface area contributed by atoms with E-state index in [9.17, 15) is 37.5 Å². The topological polar surface area (TPSA) is 207 Å². The van der Waals surface area contributed by atoms with Crippen molar-refractivity contribution in [2.75, 3.05) is 50.2 Å². The number of ether oxygens (including phenoxy) is 2. The summed E-state index contributed by atoms with van der Waals surface area (Å²) in [5.74, 6) is 10.8. The number of fused-ring (bicyclic) bond motifs is 2. The smallest absolute Gasteiger partial charge is 0.251 e. The molecule has 0 fully saturated rings. The normalized spacial score (nSPS) is 15.0. The molecule has 6 aromatic rings. The van der Waals surface area contributed by atoms with Gasteiger partial charge in [-0.3, -0.25) is 28.8 Å². The highest BCUT2D eigenvalue weighted by atomic mass is 19.1. The number of likely N-dealkylation sites (N-methyl/N-ethyl adjacent to an activating group) is 2. The Bertz CT molecular complexity index is 3380. The number of nitrogens with one attached hydrogen (secondary N) is 6. The number of rotatable bonds is 22. The molecule has 2 aliphatic rings. The summed E-state index contributed by atoms with van der Waals surface area (Å²) >= 11 is 0. The van der Waals surface area contributed by atoms with Gasteiger partial charge in [-0.2, -0.15) is 0 Å². The molecular formula is C66H72F2N8O8. The van der Waals surface area contributed by atoms with Crippen molar-refractivity contribution in [1.29, 1.82) is 0 Å². The van der Waals surface area contributed by atoms with Gasteiger partial charge in [-0.25, -0.2) is 8.78 Å². The van der Waals surface area contributed by atoms with Gasteiger partial charge in [0.2, 0.25) is 23.6 Å². The highest BCUT2D eigenvalue weighted by Gasteiger charge is 2.44. The highest BCUT2D eigenvalue weighted by molar-refractivity contribution is 6.03. The first-order valence-corrected chi connectivity index (χ1v) is 28.1. The fourth-order valence-corrected chi connectivity index (χ4v) is 10.2. The number of H-pyrrole nitrogens is 2. The number of benzene rings is 4. The van der Waals surface area contributed by atoms with Gasteiger partial charge in [0.1, 0.15) is 35.2 Å². The molecule has 2 aliphatic heterocycles. The van der Waals surface area contributed by atoms with Crippen LogP contribution in [0.5, 0.6) is 11.5 Å². The van der Waals surface area contributed by atoms with Crippen LogP contribution < -0.4 is 51.7 Å². The van der Waals surface area contributed by atoms with Crippen molar-refractivity contribution in [2.45, 2.75) is 115 Å². The van der Waals surface area contributed by atoms with E-state index in [1.54, 1.807) is 98.4 Å². The summed E-state index contributed by atoms with van der Waals surface area (Å²) in [6, 6.07) is 26.9. The van der Waals surface area contributed by atoms with Crippen LogP contribution in [0.2, 0.25) is 0 Å². The van der Waals surface area contributed by atoms with Gasteiger partial charge < -0.3 is 50.5 Å². The largest absolute Gasteiger partial charge is 0.493 e. The predicted molar refractivity (Wildman–Crippen MR) is 320 cm³/mol. The first-order valence-electron chi connectivity index (χ1n) is 28.1. The molecule has 16 nitrogen and oxygen atoms in total. The summed E-state index contributed by atoms with van der Waals surface area (Å²) in [6.07, 6.45) is 1.71. The molecule has 2 aromatic heterocycles. The van der Waals surface area contributed by atoms with Gasteiger partial charge in [-0.1, -0.05) is 88.1 Å². The zero-order valence-electron chi connectivity index (χ0n) is 48.7. The molecule has 0 radical (unpaired) electrons. The molecule has 4 aromatic carbocycles. The Hall–Kier alpha value is -8.84. The summed E-state index contributed by atoms with van der Waals surface area (Å²) < 4.78 is 39.2. The summed E-state index contributed by atoms with van der Waals surface area (Å²) in [7, 11) is 3.33. The first-order chi connectivity index (χ1) is 40.1. The Labute approximate surface area is 488 Å². The molecule has 0 saturated heterocycles. The van der Waals surface area contributed by atoms with Crippen LogP contribution in [0.15, 0.2) is 119 Å². The van der Waals surface area contributed by atoms with Gasteiger partial charge in [-0.15, -0.1) is 0 Å². The number of carbonyl (C=O) groups is 4. The second-order valence-electron chi connectivity index (χ2n) is 22.6. The predicted octanol–water partition coefficient (Wildman–Crippen LogP) is 6.69. The van der Waals surface area contributed by atoms with Gasteiger partial charge in [-0.05, 0) is 123 Å². The zero-order chi connectivity index (χ0) is 60.3. The van der Waals surface area contributed by atoms with E-state index in [0.29, 0.717) is 71.4 Å². The monoisotopic (exact) mass is 1140 g/mol. The first kappa shape index (κ1) is 61.2. The minimum atomic E-state index is -0.938. The lowest BCUT2D eigenvalue weighted by Gasteiger charge is -2.27. The minimum absolute atomic E-state index is 0.190. The fraction of sp³-hybridized carbons (Fsp3) is 0.364. The maximum atomic E-state index is 14.5. The second kappa shape index (κ2) is 27.0. The highest BCUT2D eigenvalue weighted by Crippen LogP contribution is 2.41. The number of hydrogen-bond donors (Lipinski definition) is 6. The lowest BCUT2D eigenvalue weighted by molar-refractivity contribution is -0.128. The van der Waals surface area contributed by atoms with Crippen LogP contribution >= 0.6 is 0 Å². The SMILES string of the molecule is CN[C@@H](C)C(=O)N[C@@H](Cc1ccc(OCCC#CC#CCCOc2ccc(C[C@H](NC(=O)[C@H](C)NC)C(=O)N3CC(C)(C)c4[nH]c(=O)c(Cc5ccc(F)cc5)cc43)cc2)cc1)C(=O)N1CC(C)(C)c2[nH]c(=O)c(Cc3ccc(F)cc3)cc21. The number of carbonyl (C=O) groups excluding carboxylic acids is 4. The molecule has 4 atom stereocenters. The molecule has 4 heterocycles. The van der Waals surface area contributed by atoms with Gasteiger partial charge in [0.25, 0.3) is 11.1 Å². The number of aromatic amines is 2. The molecule has 84 heavy (non-hydrogen) atoms. The van der Waals surface area contributed by atoms with Gasteiger partial charge in [0.05, 0.1) is 36.7 Å². The molecule has 0 spiro atoms. The fourth-order valence-electron chi connectivity index (χ4n) is 10.2. The van der Waals surface area contributed by atoms with Crippen LogP contribution in [0.1, 0.15) is 99.2 Å². The van der Waals surface area contributed by atoms with Crippen LogP contribution in [-0.2, 0) is 55.7 Å². The number of hydrogen-bond acceptors (Lipinski definition) is 10. The van der Waals surface area contributed by atoms with E-state index in [0.717, 1.165) is 22.3 Å². The molecule has 0 aliphatic carbocycles. The quantitative estimate of drug-likeness (QED) is 0.0314. The summed E-state index contributed by atoms with van der Waals surface area (Å²) in [5, 5.41) is 11.8. The van der Waals surface area contributed by atoms with Crippen molar-refractivity contribution >= 4 is 35.0 Å². The molecule has 4 amide bonds. The van der Waals surface area contributed by atoms with Crippen LogP contribution in [0.3, 0.4) is 0 Å². The number of aromatic nitrogens is 2. The van der Waals surface area contributed by atoms with Crippen molar-refractivity contribution in [2.24, 2.45) is 0 Å². The zero-order valence-corrected chi connectivity index (χ0v) is 48.7. The van der Waals surface area contributed by atoms with E-state index in [1.165, 1.54) is 24.3 Å². The van der Waals surface area contributed by atoms with Crippen LogP contribution in [-0.4, -0.2) is 98.2 Å². The maximum Gasteiger partial charge on any atom is 0.251 e. The molecule has 6 N–H and O–H groups in total. The van der Waals surface area contributed by atoms with Crippen molar-refractivity contribution < 1.29 is 37.4 Å². The lowest BCUT2D eigenvalue weighted by atomic mass is 9.91. The summed E-state index contributed by atoms with van der Waals surface area (Å²) in [5.41, 5.74) is 4.58. The Kier molecular flexibility index (Phi) is 19.7. The van der Waals surface area contributed by atoms with Crippen LogP contribution in [0, 0.1) is 35.3 Å². The third kappa shape index (κ3) is 15.2. The van der Waals surface area contributed by atoms with E-state index in [1.807, 2.05) is 52.0 Å². The molecular weight excluding hydrogens is 1070 g/mol. The van der Waals surface area contributed by atoms with Crippen LogP contribution in [0.4, 0.5) is 20.2 Å². The average molecular weight is 1140 g/mol. The summed E-state index contributed by atoms with van der Waals surface area (Å²) in [4.78, 5) is 91.5. The van der Waals surface area contributed by atoms with Gasteiger partial charge in [0, 0.05) is 85.0 Å². The Balaban J connectivity index is 0.818. The second-order valence-corrected chi connectivity index (χ2v) is 22.6. The molecule has 8 rings (SSSR count). The number of halogens is 2. The standard InChI is InChI=1S/C66H72F2N8O8/c1-41(69-7)59(77)71-53(63(81)75-39-65(3,4)57-55(75)37-47(61(79)73-57)33-43-15-23-49(67)24-16-43)35-45-19-27-51(28-20-45)83-31-13-11-9-10-12-14-32-84-52-29-21-46(22-30-52)36-54(72-60(78)42(2)70-8)64(82)76-40-66(5,6)58-56(76)38-48(62(80)74-58)34-44-17-25-50(68)26-18-44/h15-30,37-38,41-42,53-54,69-70H,13-14,31-36,39-40H2,1-8H3,(H,71,77)(H,72,78)(H,73,79)(H,74,80)/t41-,42-,53-,54-/m0/s1. The van der Waals surface area contributed by atoms with Crippen molar-refractivity contribution in [3.8, 4) is 35.2 Å². The third-order valence-corrected chi connectivity index (χ3v) is 15.2. The van der Waals surface area contributed by atoms with Crippen LogP contribution in [0.25, 0.3) is 0 Å². The molecule has 18 heteroatoms. The van der Waals surface area contributed by atoms with Gasteiger partial charge >= 0.3 is 0 Å². The molecule has 0 unspecified atom stereocenters. The van der Waals surface area contributed by atoms with E-state index in [4.69, 9.17) is 9.47 Å². The number of amides is 4. The Morgan fingerprint density at radius 2 is 0.905 bits per heavy atom. The Morgan fingerprint density at radius 3 is 1.25 bits per heavy atom. The average Bonchev–Trinajstić information content (AvgIpc) is 2.61. The van der Waals surface area contributed by atoms with Crippen molar-refractivity contribution in [3.05, 3.63) is 186 Å². The molecule has 0 bridgehead atoms. The summed E-state index contributed by atoms with van der Waals surface area (Å²) in [6.45, 7) is 12.4. The minimum Gasteiger partial charge on any atom is -0.493 e. The maximum absolute atomic E-state index is 14.5. The molecule has 0 saturated carbocycles. The number of anilines is 2. The number of pyridine rings is 2. The number of nitrogens with zero attached hydrogens (tertiary/aromatic N) is 2. The molecule has 438 valence electrons. The Morgan fingerprint density at radius 1 is 0.560 bits per heavy atom. The van der Waals surface area contributed by atoms with Gasteiger partial charge in [0.15, 0.2) is 0 Å². The van der Waals surface area contributed by atoms with E-state index in [2.05, 4.69) is 54.9 Å². The van der Waals surface area contributed by atoms with Crippen molar-refractivity contribution in [1.82, 2.24) is 31.2 Å². The van der Waals surface area contributed by atoms with E-state index >= 15 is 0 Å². The lowest BCUT2D eigenvalue weighted by Crippen LogP contribution is -2.53.